The number of anilines is 6. The van der Waals surface area contributed by atoms with Crippen molar-refractivity contribution in [1.29, 1.82) is 0 Å². The van der Waals surface area contributed by atoms with Gasteiger partial charge in [-0.2, -0.15) is 0 Å². The van der Waals surface area contributed by atoms with Crippen LogP contribution in [0, 0.1) is 0 Å². The van der Waals surface area contributed by atoms with Crippen LogP contribution < -0.4 is 70.1 Å². The van der Waals surface area contributed by atoms with Crippen molar-refractivity contribution >= 4 is 198 Å². The van der Waals surface area contributed by atoms with Crippen molar-refractivity contribution in [2.24, 2.45) is 0 Å². The van der Waals surface area contributed by atoms with E-state index in [0.29, 0.717) is 38.8 Å². The molecular weight excluding hydrogens is 942 g/mol. The van der Waals surface area contributed by atoms with Gasteiger partial charge >= 0.3 is 0 Å². The number of hydrogen-bond donors (Lipinski definition) is 0. The third kappa shape index (κ3) is 8.69. The maximum Gasteiger partial charge on any atom is 0.297 e. The third-order valence-electron chi connectivity index (χ3n) is 17.9. The predicted octanol–water partition coefficient (Wildman–Crippen LogP) is 4.42. The lowest BCUT2D eigenvalue weighted by molar-refractivity contribution is 0.332. The van der Waals surface area contributed by atoms with Crippen LogP contribution in [-0.4, -0.2) is 93.0 Å². The largest absolute Gasteiger partial charge is 0.468 e. The average molecular weight is 999 g/mol. The summed E-state index contributed by atoms with van der Waals surface area (Å²) in [4.78, 5) is 4.56. The van der Waals surface area contributed by atoms with Crippen molar-refractivity contribution in [2.75, 3.05) is 9.80 Å². The van der Waals surface area contributed by atoms with Crippen LogP contribution in [0.5, 0.6) is 0 Å². The molecule has 1 aromatic heterocycles. The molecule has 22 radical (unpaired) electrons. The second kappa shape index (κ2) is 18.2. The van der Waals surface area contributed by atoms with Crippen LogP contribution in [0.15, 0.2) is 101 Å². The van der Waals surface area contributed by atoms with E-state index in [0.717, 1.165) is 85.5 Å². The molecule has 0 atom stereocenters. The van der Waals surface area contributed by atoms with Crippen molar-refractivity contribution in [1.82, 2.24) is 0 Å². The molecule has 0 saturated carbocycles. The van der Waals surface area contributed by atoms with E-state index < -0.39 is 17.2 Å². The zero-order valence-electron chi connectivity index (χ0n) is 47.9. The molecule has 0 unspecified atom stereocenters. The molecule has 0 spiro atoms. The predicted molar refractivity (Wildman–Crippen MR) is 349 cm³/mol. The van der Waals surface area contributed by atoms with Crippen LogP contribution in [0.2, 0.25) is 0 Å². The molecule has 0 N–H and O–H groups in total. The SMILES string of the molecule is [B]c1cc(C(C)(C)c2ccc3c(c2)B2c4oc5cc6c(cc5c4N(c4ccc(C(C)(C)C)cc4)c4cc(C([B])([B])[B])cc(c42)N3c2ccc(C(C)(C)C)cc2-c2c([B])c([B])c([B])c([B])c2[B])C(C)(C)CCC6(C)C)cc([B])c1[B]. The van der Waals surface area contributed by atoms with Gasteiger partial charge in [-0.3, -0.25) is 0 Å². The van der Waals surface area contributed by atoms with Gasteiger partial charge in [-0.05, 0) is 139 Å². The van der Waals surface area contributed by atoms with Crippen molar-refractivity contribution in [2.45, 2.75) is 128 Å². The van der Waals surface area contributed by atoms with Gasteiger partial charge in [0.1, 0.15) is 68.4 Å². The van der Waals surface area contributed by atoms with Gasteiger partial charge in [0.15, 0.2) is 0 Å². The average Bonchev–Trinajstić information content (AvgIpc) is 4.00. The quantitative estimate of drug-likeness (QED) is 0.231. The number of hydrogen-bond acceptors (Lipinski definition) is 3. The van der Waals surface area contributed by atoms with Gasteiger partial charge in [0, 0.05) is 39.1 Å². The minimum absolute atomic E-state index is 0.0906. The Labute approximate surface area is 485 Å². The Morgan fingerprint density at radius 1 is 0.481 bits per heavy atom. The zero-order valence-corrected chi connectivity index (χ0v) is 47.9. The Kier molecular flexibility index (Phi) is 12.8. The number of rotatable bonds is 6. The lowest BCUT2D eigenvalue weighted by Crippen LogP contribution is -2.61. The molecule has 11 rings (SSSR count). The monoisotopic (exact) mass is 1000 g/mol. The molecule has 3 aliphatic rings. The summed E-state index contributed by atoms with van der Waals surface area (Å²) in [6.45, 7) is 26.4. The van der Waals surface area contributed by atoms with Gasteiger partial charge < -0.3 is 14.2 Å². The molecule has 7 aromatic carbocycles. The van der Waals surface area contributed by atoms with Crippen LogP contribution in [0.3, 0.4) is 0 Å². The molecule has 0 amide bonds. The molecular formula is C64H56B12N2O. The van der Waals surface area contributed by atoms with Crippen LogP contribution >= 0.6 is 0 Å². The van der Waals surface area contributed by atoms with Gasteiger partial charge in [-0.15, -0.1) is 37.9 Å². The molecule has 364 valence electrons. The number of fused-ring (bicyclic) bond motifs is 7. The summed E-state index contributed by atoms with van der Waals surface area (Å²) >= 11 is 0. The van der Waals surface area contributed by atoms with E-state index in [4.69, 9.17) is 90.7 Å². The van der Waals surface area contributed by atoms with Gasteiger partial charge in [0.25, 0.3) is 6.71 Å². The lowest BCUT2D eigenvalue weighted by atomic mass is 9.34. The third-order valence-corrected chi connectivity index (χ3v) is 17.9. The summed E-state index contributed by atoms with van der Waals surface area (Å²) in [5.41, 5.74) is 17.5. The minimum atomic E-state index is -1.80. The fourth-order valence-corrected chi connectivity index (χ4v) is 12.6. The van der Waals surface area contributed by atoms with E-state index in [1.165, 1.54) is 16.7 Å². The van der Waals surface area contributed by atoms with Gasteiger partial charge in [-0.25, -0.2) is 0 Å². The standard InChI is InChI=1S/C64H56B12N2O/c1-59(2,3)31-13-17-36(18-14-31)77-46-27-35(64(73,74)75)28-47-56(46)76(58-57(77)38-29-39-40(30-48(38)79-58)62(9,10)22-21-61(39,7)8)43-26-33(63(11,12)34-24-41(65)50(67)42(66)25-34)16-20-45(43)78(47)44-19-15-32(60(4,5)6)23-37(44)49-51(68)53(70)55(72)54(71)52(49)69/h13-20,23-30H,21-22H2,1-12H3. The van der Waals surface area contributed by atoms with E-state index in [9.17, 15) is 0 Å². The highest BCUT2D eigenvalue weighted by Crippen LogP contribution is 2.53. The second-order valence-corrected chi connectivity index (χ2v) is 26.6. The summed E-state index contributed by atoms with van der Waals surface area (Å²) in [7, 11) is 74.4. The van der Waals surface area contributed by atoms with Crippen LogP contribution in [0.4, 0.5) is 34.1 Å². The highest BCUT2D eigenvalue weighted by Gasteiger charge is 2.49. The van der Waals surface area contributed by atoms with Gasteiger partial charge in [0.2, 0.25) is 0 Å². The molecule has 1 aliphatic carbocycles. The van der Waals surface area contributed by atoms with Crippen LogP contribution in [-0.2, 0) is 32.2 Å². The van der Waals surface area contributed by atoms with E-state index >= 15 is 0 Å². The maximum absolute atomic E-state index is 7.61. The van der Waals surface area contributed by atoms with Crippen molar-refractivity contribution < 1.29 is 4.42 Å². The molecule has 2 aliphatic heterocycles. The van der Waals surface area contributed by atoms with Gasteiger partial charge in [-0.1, -0.05) is 142 Å². The molecule has 3 nitrogen and oxygen atoms in total. The van der Waals surface area contributed by atoms with E-state index in [-0.39, 0.29) is 49.0 Å². The first-order chi connectivity index (χ1) is 36.6. The maximum atomic E-state index is 7.61. The Balaban J connectivity index is 1.32. The molecule has 15 heteroatoms. The highest BCUT2D eigenvalue weighted by atomic mass is 16.3. The summed E-state index contributed by atoms with van der Waals surface area (Å²) in [5, 5.41) is -0.804. The summed E-state index contributed by atoms with van der Waals surface area (Å²) in [6.07, 6.45) is 2.09. The number of nitrogens with zero attached hydrogens (tertiary/aromatic N) is 2. The first kappa shape index (κ1) is 55.4. The van der Waals surface area contributed by atoms with Crippen molar-refractivity contribution in [3.05, 3.63) is 136 Å². The molecule has 8 aromatic rings. The normalized spacial score (nSPS) is 15.7. The summed E-state index contributed by atoms with van der Waals surface area (Å²) in [6, 6.07) is 34.4. The van der Waals surface area contributed by atoms with Crippen LogP contribution in [0.25, 0.3) is 22.1 Å². The molecule has 0 bridgehead atoms. The minimum Gasteiger partial charge on any atom is -0.468 e. The highest BCUT2D eigenvalue weighted by molar-refractivity contribution is 7.00. The number of furan rings is 1. The molecule has 0 fully saturated rings. The van der Waals surface area contributed by atoms with Gasteiger partial charge in [0.05, 0.1) is 40.6 Å². The number of benzene rings is 7. The summed E-state index contributed by atoms with van der Waals surface area (Å²) in [5.74, 6) is 0. The summed E-state index contributed by atoms with van der Waals surface area (Å²) < 4.78 is 7.61. The Hall–Kier alpha value is -5.54. The fraction of sp³-hybridized carbons (Fsp3) is 0.312. The smallest absolute Gasteiger partial charge is 0.297 e. The second-order valence-electron chi connectivity index (χ2n) is 26.6. The van der Waals surface area contributed by atoms with Crippen molar-refractivity contribution in [3.8, 4) is 11.1 Å². The Bertz CT molecular complexity index is 3840. The zero-order chi connectivity index (χ0) is 57.3. The van der Waals surface area contributed by atoms with E-state index in [1.54, 1.807) is 0 Å². The lowest BCUT2D eigenvalue weighted by Gasteiger charge is -2.45. The molecule has 0 saturated heterocycles. The first-order valence-corrected chi connectivity index (χ1v) is 27.3. The van der Waals surface area contributed by atoms with E-state index in [2.05, 4.69) is 172 Å². The van der Waals surface area contributed by atoms with Crippen LogP contribution in [0.1, 0.15) is 135 Å². The fourth-order valence-electron chi connectivity index (χ4n) is 12.6. The Morgan fingerprint density at radius 2 is 0.987 bits per heavy atom. The molecule has 3 heterocycles. The van der Waals surface area contributed by atoms with E-state index in [1.807, 2.05) is 18.2 Å². The Morgan fingerprint density at radius 3 is 1.54 bits per heavy atom. The molecule has 79 heavy (non-hydrogen) atoms. The first-order valence-electron chi connectivity index (χ1n) is 27.3. The topological polar surface area (TPSA) is 19.6 Å². The van der Waals surface area contributed by atoms with Crippen molar-refractivity contribution in [3.63, 3.8) is 0 Å².